The molecule has 1 aliphatic heterocycles. The fraction of sp³-hybridized carbons (Fsp3) is 0.565. The van der Waals surface area contributed by atoms with Crippen LogP contribution in [0.4, 0.5) is 9.93 Å². The van der Waals surface area contributed by atoms with Crippen LogP contribution in [0, 0.1) is 0 Å². The van der Waals surface area contributed by atoms with E-state index in [1.54, 1.807) is 25.5 Å². The number of carbonyl (C=O) groups is 4. The highest BCUT2D eigenvalue weighted by Crippen LogP contribution is 2.20. The standard InChI is InChI=1S/C23H34N8O7SSi/c1-22(2,3)37-21(36)27-20-25-13(11-39-20)16(29-38-23(4,5)19(34)35)18(33)26-15-12(24-17(15)32)9-31-10-14(28-30-31)40(6,7)8/h10-12,15H,9H2,1-8H3,(H,24,32)(H,26,33)(H,34,35)(H,25,27,36)/t12-,15+/m1/s1. The van der Waals surface area contributed by atoms with E-state index in [-0.39, 0.29) is 23.1 Å². The van der Waals surface area contributed by atoms with E-state index in [2.05, 4.69) is 56.0 Å². The summed E-state index contributed by atoms with van der Waals surface area (Å²) < 4.78 is 6.82. The molecule has 1 fully saturated rings. The molecule has 2 aromatic heterocycles. The molecule has 1 aliphatic rings. The van der Waals surface area contributed by atoms with Crippen LogP contribution in [0.3, 0.4) is 0 Å². The van der Waals surface area contributed by atoms with Crippen LogP contribution in [0.5, 0.6) is 0 Å². The fourth-order valence-electron chi connectivity index (χ4n) is 3.14. The zero-order valence-corrected chi connectivity index (χ0v) is 25.4. The number of oxime groups is 1. The van der Waals surface area contributed by atoms with Crippen LogP contribution >= 0.6 is 11.3 Å². The lowest BCUT2D eigenvalue weighted by atomic mass is 9.98. The van der Waals surface area contributed by atoms with E-state index in [1.165, 1.54) is 19.2 Å². The summed E-state index contributed by atoms with van der Waals surface area (Å²) in [6, 6.07) is -1.41. The van der Waals surface area contributed by atoms with Gasteiger partial charge in [0.05, 0.1) is 17.9 Å². The number of ether oxygens (including phenoxy) is 1. The van der Waals surface area contributed by atoms with Crippen LogP contribution in [-0.2, 0) is 30.5 Å². The van der Waals surface area contributed by atoms with Crippen molar-refractivity contribution in [2.24, 2.45) is 5.16 Å². The van der Waals surface area contributed by atoms with Gasteiger partial charge in [-0.05, 0) is 34.6 Å². The zero-order chi connectivity index (χ0) is 30.0. The molecular formula is C23H34N8O7SSi. The van der Waals surface area contributed by atoms with Gasteiger partial charge in [0.1, 0.15) is 25.4 Å². The van der Waals surface area contributed by atoms with Crippen molar-refractivity contribution in [3.05, 3.63) is 17.3 Å². The zero-order valence-electron chi connectivity index (χ0n) is 23.6. The number of aromatic nitrogens is 4. The fourth-order valence-corrected chi connectivity index (χ4v) is 4.70. The van der Waals surface area contributed by atoms with Gasteiger partial charge in [-0.15, -0.1) is 16.4 Å². The Morgan fingerprint density at radius 3 is 2.45 bits per heavy atom. The Labute approximate surface area is 235 Å². The van der Waals surface area contributed by atoms with Crippen molar-refractivity contribution in [1.82, 2.24) is 30.6 Å². The minimum absolute atomic E-state index is 0.0120. The molecule has 40 heavy (non-hydrogen) atoms. The van der Waals surface area contributed by atoms with Gasteiger partial charge in [0.2, 0.25) is 11.5 Å². The number of nitrogens with zero attached hydrogens (tertiary/aromatic N) is 5. The van der Waals surface area contributed by atoms with E-state index in [1.807, 2.05) is 6.20 Å². The molecule has 17 heteroatoms. The Morgan fingerprint density at radius 1 is 1.23 bits per heavy atom. The van der Waals surface area contributed by atoms with E-state index in [0.29, 0.717) is 0 Å². The predicted molar refractivity (Wildman–Crippen MR) is 148 cm³/mol. The molecule has 0 aromatic carbocycles. The average molecular weight is 595 g/mol. The van der Waals surface area contributed by atoms with Crippen molar-refractivity contribution in [3.63, 3.8) is 0 Å². The summed E-state index contributed by atoms with van der Waals surface area (Å²) in [6.45, 7) is 14.3. The Bertz CT molecular complexity index is 1320. The number of hydrogen-bond acceptors (Lipinski definition) is 11. The number of carboxylic acids is 1. The summed E-state index contributed by atoms with van der Waals surface area (Å²) in [4.78, 5) is 58.6. The van der Waals surface area contributed by atoms with Gasteiger partial charge in [0.15, 0.2) is 10.8 Å². The third-order valence-corrected chi connectivity index (χ3v) is 7.96. The van der Waals surface area contributed by atoms with Crippen molar-refractivity contribution in [2.75, 3.05) is 5.32 Å². The molecule has 0 unspecified atom stereocenters. The number of amides is 3. The largest absolute Gasteiger partial charge is 0.478 e. The lowest BCUT2D eigenvalue weighted by molar-refractivity contribution is -0.161. The number of aliphatic carboxylic acids is 1. The van der Waals surface area contributed by atoms with Crippen molar-refractivity contribution in [1.29, 1.82) is 0 Å². The lowest BCUT2D eigenvalue weighted by Gasteiger charge is -2.36. The molecule has 0 radical (unpaired) electrons. The number of carboxylic acid groups (broad SMARTS) is 1. The van der Waals surface area contributed by atoms with E-state index < -0.39 is 55.2 Å². The maximum absolute atomic E-state index is 13.3. The number of rotatable bonds is 10. The van der Waals surface area contributed by atoms with Crippen LogP contribution in [0.2, 0.25) is 19.6 Å². The van der Waals surface area contributed by atoms with Gasteiger partial charge in [0.25, 0.3) is 5.91 Å². The molecule has 0 aliphatic carbocycles. The normalized spacial score (nSPS) is 17.9. The monoisotopic (exact) mass is 594 g/mol. The Morgan fingerprint density at radius 2 is 1.90 bits per heavy atom. The highest BCUT2D eigenvalue weighted by atomic mass is 32.1. The summed E-state index contributed by atoms with van der Waals surface area (Å²) >= 11 is 0.985. The summed E-state index contributed by atoms with van der Waals surface area (Å²) in [5, 5.41) is 31.8. The molecule has 15 nitrogen and oxygen atoms in total. The summed E-state index contributed by atoms with van der Waals surface area (Å²) in [7, 11) is -1.68. The van der Waals surface area contributed by atoms with Crippen LogP contribution < -0.4 is 21.3 Å². The summed E-state index contributed by atoms with van der Waals surface area (Å²) in [5.74, 6) is -2.56. The highest BCUT2D eigenvalue weighted by molar-refractivity contribution is 7.14. The molecular weight excluding hydrogens is 560 g/mol. The molecule has 1 saturated heterocycles. The molecule has 2 atom stereocenters. The topological polar surface area (TPSA) is 199 Å². The van der Waals surface area contributed by atoms with E-state index in [4.69, 9.17) is 9.57 Å². The van der Waals surface area contributed by atoms with Gasteiger partial charge in [-0.2, -0.15) is 0 Å². The maximum atomic E-state index is 13.3. The first kappa shape index (κ1) is 30.7. The molecule has 2 aromatic rings. The third kappa shape index (κ3) is 7.84. The van der Waals surface area contributed by atoms with Gasteiger partial charge in [-0.3, -0.25) is 19.6 Å². The minimum atomic E-state index is -1.77. The first-order valence-electron chi connectivity index (χ1n) is 12.3. The van der Waals surface area contributed by atoms with Crippen LogP contribution in [0.15, 0.2) is 16.7 Å². The molecule has 0 bridgehead atoms. The van der Waals surface area contributed by atoms with Crippen LogP contribution in [-0.4, -0.2) is 86.0 Å². The van der Waals surface area contributed by atoms with Gasteiger partial charge in [0, 0.05) is 11.6 Å². The SMILES string of the molecule is CC(C)(C)OC(=O)Nc1nc(C(=NOC(C)(C)C(=O)O)C(=O)N[C@@H]2C(=O)N[C@@H]2Cn2cc([Si](C)(C)C)nn2)cs1. The molecule has 3 amide bonds. The van der Waals surface area contributed by atoms with Crippen LogP contribution in [0.1, 0.15) is 40.3 Å². The Balaban J connectivity index is 1.79. The molecule has 3 heterocycles. The second-order valence-electron chi connectivity index (χ2n) is 11.7. The van der Waals surface area contributed by atoms with Crippen molar-refractivity contribution < 1.29 is 33.9 Å². The lowest BCUT2D eigenvalue weighted by Crippen LogP contribution is -2.70. The number of β-lactam (4-membered cyclic amide) rings is 1. The van der Waals surface area contributed by atoms with Crippen LogP contribution in [0.25, 0.3) is 0 Å². The molecule has 0 saturated carbocycles. The van der Waals surface area contributed by atoms with Crippen molar-refractivity contribution in [3.8, 4) is 0 Å². The van der Waals surface area contributed by atoms with Crippen molar-refractivity contribution in [2.45, 2.75) is 84.1 Å². The van der Waals surface area contributed by atoms with E-state index in [0.717, 1.165) is 16.7 Å². The maximum Gasteiger partial charge on any atom is 0.413 e. The van der Waals surface area contributed by atoms with Gasteiger partial charge in [-0.1, -0.05) is 30.0 Å². The van der Waals surface area contributed by atoms with Crippen molar-refractivity contribution >= 4 is 59.4 Å². The van der Waals surface area contributed by atoms with E-state index in [9.17, 15) is 24.3 Å². The highest BCUT2D eigenvalue weighted by Gasteiger charge is 2.42. The second-order valence-corrected chi connectivity index (χ2v) is 17.5. The van der Waals surface area contributed by atoms with Gasteiger partial charge in [-0.25, -0.2) is 14.6 Å². The first-order chi connectivity index (χ1) is 18.4. The number of nitrogens with one attached hydrogen (secondary N) is 3. The predicted octanol–water partition coefficient (Wildman–Crippen LogP) is 0.894. The Kier molecular flexibility index (Phi) is 8.68. The average Bonchev–Trinajstić information content (AvgIpc) is 3.46. The number of thiazole rings is 1. The second kappa shape index (κ2) is 11.3. The Hall–Kier alpha value is -3.86. The third-order valence-electron chi connectivity index (χ3n) is 5.44. The number of anilines is 1. The van der Waals surface area contributed by atoms with Gasteiger partial charge >= 0.3 is 12.1 Å². The van der Waals surface area contributed by atoms with E-state index >= 15 is 0 Å². The molecule has 218 valence electrons. The first-order valence-corrected chi connectivity index (χ1v) is 16.7. The smallest absolute Gasteiger partial charge is 0.413 e. The minimum Gasteiger partial charge on any atom is -0.478 e. The number of hydrogen-bond donors (Lipinski definition) is 4. The molecule has 4 N–H and O–H groups in total. The molecule has 3 rings (SSSR count). The summed E-state index contributed by atoms with van der Waals surface area (Å²) in [5.41, 5.74) is -2.91. The quantitative estimate of drug-likeness (QED) is 0.133. The van der Waals surface area contributed by atoms with Gasteiger partial charge < -0.3 is 25.3 Å². The number of carbonyl (C=O) groups excluding carboxylic acids is 3. The summed E-state index contributed by atoms with van der Waals surface area (Å²) in [6.07, 6.45) is 1.08. The molecule has 0 spiro atoms.